The number of quaternary nitrogens is 1. The highest BCUT2D eigenvalue weighted by Crippen LogP contribution is 2.38. The van der Waals surface area contributed by atoms with Gasteiger partial charge in [-0.3, -0.25) is 14.2 Å². The van der Waals surface area contributed by atoms with Crippen molar-refractivity contribution in [2.45, 2.75) is 309 Å². The van der Waals surface area contributed by atoms with Crippen LogP contribution in [0.3, 0.4) is 0 Å². The summed E-state index contributed by atoms with van der Waals surface area (Å²) < 4.78 is 30.3. The molecule has 0 rings (SSSR count). The van der Waals surface area contributed by atoms with Crippen LogP contribution in [0.25, 0.3) is 0 Å². The third kappa shape index (κ3) is 56.4. The lowest BCUT2D eigenvalue weighted by molar-refractivity contribution is -0.870. The maximum absolute atomic E-state index is 13.5. The van der Waals surface area contributed by atoms with Crippen LogP contribution in [-0.2, 0) is 27.9 Å². The Labute approximate surface area is 471 Å². The fraction of sp³-hybridized carbons (Fsp3) is 0.818. The summed E-state index contributed by atoms with van der Waals surface area (Å²) in [5.41, 5.74) is 0. The van der Waals surface area contributed by atoms with Gasteiger partial charge in [0.05, 0.1) is 33.8 Å². The summed E-state index contributed by atoms with van der Waals surface area (Å²) in [4.78, 5) is 39.9. The maximum Gasteiger partial charge on any atom is 0.306 e. The van der Waals surface area contributed by atoms with Crippen molar-refractivity contribution in [1.29, 1.82) is 0 Å². The highest BCUT2D eigenvalue weighted by Gasteiger charge is 2.27. The molecule has 0 radical (unpaired) electrons. The van der Waals surface area contributed by atoms with E-state index in [9.17, 15) is 19.0 Å². The van der Waals surface area contributed by atoms with Crippen LogP contribution in [0.4, 0.5) is 0 Å². The standard InChI is InChI=1S/C66H123N2O7P/c1-7-10-13-16-19-22-25-27-29-30-31-32-33-34-35-36-37-38-39-40-43-46-49-52-55-58-65(69)67-63(62-74-76(71,72)73-61-60-68(4,5)6)64(57-54-51-48-45-42-24-21-18-15-12-9-3)75-66(70)59-56-53-50-47-44-41-28-26-23-20-17-14-11-8-2/h11,14,20,23,27-29,41,54,57,63-64H,7-10,12-13,15-19,21-22,24-26,30-40,42-53,55-56,58-62H2,1-6H3,(H-,67,69,71,72)/b14-11+,23-20+,29-27+,41-28+,57-54-. The number of likely N-dealkylation sites (N-methyl/N-ethyl adjacent to an activating group) is 1. The zero-order valence-electron chi connectivity index (χ0n) is 50.7. The fourth-order valence-electron chi connectivity index (χ4n) is 9.24. The molecule has 0 aliphatic carbocycles. The predicted octanol–water partition coefficient (Wildman–Crippen LogP) is 19.2. The van der Waals surface area contributed by atoms with E-state index >= 15 is 0 Å². The smallest absolute Gasteiger partial charge is 0.306 e. The molecule has 76 heavy (non-hydrogen) atoms. The van der Waals surface area contributed by atoms with Crippen molar-refractivity contribution in [1.82, 2.24) is 5.32 Å². The van der Waals surface area contributed by atoms with Crippen molar-refractivity contribution >= 4 is 19.7 Å². The quantitative estimate of drug-likeness (QED) is 0.0212. The lowest BCUT2D eigenvalue weighted by atomic mass is 10.0. The summed E-state index contributed by atoms with van der Waals surface area (Å²) in [5, 5.41) is 3.03. The number of carbonyl (C=O) groups is 2. The number of hydrogen-bond donors (Lipinski definition) is 1. The first-order valence-electron chi connectivity index (χ1n) is 32.1. The first kappa shape index (κ1) is 73.7. The minimum atomic E-state index is -4.70. The highest BCUT2D eigenvalue weighted by atomic mass is 31.2. The normalized spacial score (nSPS) is 14.0. The zero-order chi connectivity index (χ0) is 55.7. The predicted molar refractivity (Wildman–Crippen MR) is 325 cm³/mol. The number of phosphoric acid groups is 1. The van der Waals surface area contributed by atoms with E-state index < -0.39 is 26.6 Å². The SMILES string of the molecule is CC/C=C/C/C=C/C/C=C/CCCCCCC(=O)OC(/C=C\CCCCCCCCCCC)C(COP(=O)([O-])OCC[N+](C)(C)C)NC(=O)CCCCCCCCCCCCCCCCC/C=C/CCCCCCCC. The van der Waals surface area contributed by atoms with Gasteiger partial charge in [0.2, 0.25) is 5.91 Å². The zero-order valence-corrected chi connectivity index (χ0v) is 51.6. The van der Waals surface area contributed by atoms with Crippen LogP contribution in [-0.4, -0.2) is 69.4 Å². The van der Waals surface area contributed by atoms with Crippen molar-refractivity contribution in [3.63, 3.8) is 0 Å². The van der Waals surface area contributed by atoms with E-state index in [1.54, 1.807) is 0 Å². The van der Waals surface area contributed by atoms with E-state index in [2.05, 4.69) is 74.7 Å². The molecule has 0 aromatic heterocycles. The Morgan fingerprint density at radius 1 is 0.474 bits per heavy atom. The van der Waals surface area contributed by atoms with Gasteiger partial charge in [-0.25, -0.2) is 0 Å². The number of phosphoric ester groups is 1. The van der Waals surface area contributed by atoms with Crippen LogP contribution < -0.4 is 10.2 Å². The first-order chi connectivity index (χ1) is 36.9. The van der Waals surface area contributed by atoms with Gasteiger partial charge >= 0.3 is 5.97 Å². The van der Waals surface area contributed by atoms with Crippen LogP contribution in [0.2, 0.25) is 0 Å². The molecule has 444 valence electrons. The second-order valence-corrected chi connectivity index (χ2v) is 24.3. The Morgan fingerprint density at radius 2 is 0.842 bits per heavy atom. The van der Waals surface area contributed by atoms with E-state index in [1.807, 2.05) is 33.3 Å². The third-order valence-electron chi connectivity index (χ3n) is 14.2. The second kappa shape index (κ2) is 56.0. The molecule has 9 nitrogen and oxygen atoms in total. The van der Waals surface area contributed by atoms with E-state index in [4.69, 9.17) is 13.8 Å². The Hall–Kier alpha value is -2.29. The molecule has 1 N–H and O–H groups in total. The van der Waals surface area contributed by atoms with Gasteiger partial charge in [-0.1, -0.05) is 255 Å². The topological polar surface area (TPSA) is 114 Å². The van der Waals surface area contributed by atoms with Crippen molar-refractivity contribution in [3.05, 3.63) is 60.8 Å². The van der Waals surface area contributed by atoms with Gasteiger partial charge < -0.3 is 28.5 Å². The molecule has 0 aromatic carbocycles. The Bertz CT molecular complexity index is 1490. The monoisotopic (exact) mass is 1090 g/mol. The molecule has 0 aliphatic heterocycles. The molecule has 10 heteroatoms. The molecule has 0 aliphatic rings. The van der Waals surface area contributed by atoms with Crippen LogP contribution in [0, 0.1) is 0 Å². The summed E-state index contributed by atoms with van der Waals surface area (Å²) in [6.07, 6.45) is 70.6. The maximum atomic E-state index is 13.5. The fourth-order valence-corrected chi connectivity index (χ4v) is 9.96. The van der Waals surface area contributed by atoms with Gasteiger partial charge in [0, 0.05) is 12.8 Å². The Balaban J connectivity index is 5.06. The van der Waals surface area contributed by atoms with Crippen LogP contribution in [0.1, 0.15) is 297 Å². The van der Waals surface area contributed by atoms with E-state index in [0.29, 0.717) is 23.9 Å². The second-order valence-electron chi connectivity index (χ2n) is 22.9. The van der Waals surface area contributed by atoms with Gasteiger partial charge in [-0.05, 0) is 89.5 Å². The Morgan fingerprint density at radius 3 is 1.28 bits per heavy atom. The minimum absolute atomic E-state index is 0.0264. The number of esters is 1. The largest absolute Gasteiger partial charge is 0.756 e. The summed E-state index contributed by atoms with van der Waals surface area (Å²) in [7, 11) is 1.17. The Kier molecular flexibility index (Phi) is 54.3. The van der Waals surface area contributed by atoms with Gasteiger partial charge in [-0.15, -0.1) is 0 Å². The van der Waals surface area contributed by atoms with E-state index in [0.717, 1.165) is 83.5 Å². The summed E-state index contributed by atoms with van der Waals surface area (Å²) in [6, 6.07) is -0.897. The van der Waals surface area contributed by atoms with Crippen LogP contribution >= 0.6 is 7.82 Å². The molecule has 0 fully saturated rings. The number of carbonyl (C=O) groups excluding carboxylic acids is 2. The summed E-state index contributed by atoms with van der Waals surface area (Å²) in [5.74, 6) is -0.561. The van der Waals surface area contributed by atoms with Crippen LogP contribution in [0.15, 0.2) is 60.8 Å². The number of allylic oxidation sites excluding steroid dienone is 9. The molecule has 3 unspecified atom stereocenters. The molecule has 3 atom stereocenters. The number of nitrogens with one attached hydrogen (secondary N) is 1. The molecule has 0 aromatic rings. The lowest BCUT2D eigenvalue weighted by Gasteiger charge is -2.30. The molecule has 0 saturated carbocycles. The van der Waals surface area contributed by atoms with Gasteiger partial charge in [0.1, 0.15) is 19.3 Å². The molecule has 0 saturated heterocycles. The van der Waals surface area contributed by atoms with Gasteiger partial charge in [-0.2, -0.15) is 0 Å². The summed E-state index contributed by atoms with van der Waals surface area (Å²) >= 11 is 0. The van der Waals surface area contributed by atoms with E-state index in [-0.39, 0.29) is 24.9 Å². The van der Waals surface area contributed by atoms with Crippen molar-refractivity contribution in [3.8, 4) is 0 Å². The average molecular weight is 1090 g/mol. The number of hydrogen-bond acceptors (Lipinski definition) is 7. The van der Waals surface area contributed by atoms with Crippen molar-refractivity contribution < 1.29 is 37.3 Å². The first-order valence-corrected chi connectivity index (χ1v) is 33.6. The summed E-state index contributed by atoms with van der Waals surface area (Å²) in [6.45, 7) is 6.72. The molecular formula is C66H123N2O7P. The van der Waals surface area contributed by atoms with Gasteiger partial charge in [0.25, 0.3) is 7.82 Å². The van der Waals surface area contributed by atoms with Crippen LogP contribution in [0.5, 0.6) is 0 Å². The molecule has 0 heterocycles. The number of ether oxygens (including phenoxy) is 1. The molecule has 0 bridgehead atoms. The number of amides is 1. The van der Waals surface area contributed by atoms with Crippen molar-refractivity contribution in [2.75, 3.05) is 40.9 Å². The number of unbranched alkanes of at least 4 members (excludes halogenated alkanes) is 34. The minimum Gasteiger partial charge on any atom is -0.756 e. The highest BCUT2D eigenvalue weighted by molar-refractivity contribution is 7.45. The molecule has 0 spiro atoms. The lowest BCUT2D eigenvalue weighted by Crippen LogP contribution is -2.47. The average Bonchev–Trinajstić information content (AvgIpc) is 3.38. The van der Waals surface area contributed by atoms with E-state index in [1.165, 1.54) is 173 Å². The number of nitrogens with zero attached hydrogens (tertiary/aromatic N) is 1. The number of rotatable bonds is 58. The third-order valence-corrected chi connectivity index (χ3v) is 15.1. The molecule has 1 amide bonds. The molecular weight excluding hydrogens is 964 g/mol. The van der Waals surface area contributed by atoms with Gasteiger partial charge in [0.15, 0.2) is 0 Å². The van der Waals surface area contributed by atoms with Crippen molar-refractivity contribution in [2.24, 2.45) is 0 Å².